The van der Waals surface area contributed by atoms with Crippen molar-refractivity contribution in [3.05, 3.63) is 48.3 Å². The van der Waals surface area contributed by atoms with Crippen LogP contribution in [-0.2, 0) is 6.42 Å². The van der Waals surface area contributed by atoms with E-state index in [1.165, 1.54) is 6.20 Å². The Morgan fingerprint density at radius 3 is 2.45 bits per heavy atom. The van der Waals surface area contributed by atoms with Gasteiger partial charge in [-0.15, -0.1) is 0 Å². The van der Waals surface area contributed by atoms with E-state index >= 15 is 0 Å². The van der Waals surface area contributed by atoms with Crippen LogP contribution in [0.25, 0.3) is 11.3 Å². The molecule has 1 saturated heterocycles. The molecule has 0 aliphatic carbocycles. The van der Waals surface area contributed by atoms with Gasteiger partial charge in [-0.05, 0) is 89.4 Å². The van der Waals surface area contributed by atoms with Gasteiger partial charge in [0, 0.05) is 28.9 Å². The number of aliphatic imine (C=N–C) groups is 1. The van der Waals surface area contributed by atoms with Gasteiger partial charge in [-0.2, -0.15) is 10.2 Å². The van der Waals surface area contributed by atoms with Crippen LogP contribution in [0.2, 0.25) is 0 Å². The summed E-state index contributed by atoms with van der Waals surface area (Å²) in [6, 6.07) is 9.17. The van der Waals surface area contributed by atoms with Crippen LogP contribution in [0, 0.1) is 5.92 Å². The average molecular weight is 394 g/mol. The Kier molecular flexibility index (Phi) is 6.03. The number of nitrogens with one attached hydrogen (secondary N) is 1. The van der Waals surface area contributed by atoms with Gasteiger partial charge in [-0.25, -0.2) is 0 Å². The smallest absolute Gasteiger partial charge is 0.127 e. The number of phenolic OH excluding ortho intramolecular Hbond substituents is 1. The van der Waals surface area contributed by atoms with Crippen molar-refractivity contribution in [2.45, 2.75) is 58.0 Å². The maximum absolute atomic E-state index is 10.4. The molecule has 1 aromatic heterocycles. The molecule has 0 amide bonds. The number of allylic oxidation sites excluding steroid dienone is 1. The zero-order valence-corrected chi connectivity index (χ0v) is 17.7. The monoisotopic (exact) mass is 393 g/mol. The van der Waals surface area contributed by atoms with E-state index in [1.807, 2.05) is 18.2 Å². The number of aromatic nitrogens is 2. The predicted molar refractivity (Wildman–Crippen MR) is 118 cm³/mol. The number of rotatable bonds is 5. The lowest BCUT2D eigenvalue weighted by atomic mass is 9.74. The normalized spacial score (nSPS) is 19.2. The van der Waals surface area contributed by atoms with Crippen LogP contribution in [0.3, 0.4) is 0 Å². The van der Waals surface area contributed by atoms with Gasteiger partial charge >= 0.3 is 0 Å². The quantitative estimate of drug-likeness (QED) is 0.664. The number of benzene rings is 1. The fraction of sp³-hybridized carbons (Fsp3) is 0.435. The maximum Gasteiger partial charge on any atom is 0.127 e. The Morgan fingerprint density at radius 2 is 1.86 bits per heavy atom. The van der Waals surface area contributed by atoms with Gasteiger partial charge in [0.1, 0.15) is 5.75 Å². The zero-order chi connectivity index (χ0) is 21.1. The van der Waals surface area contributed by atoms with Crippen LogP contribution in [-0.4, -0.2) is 32.6 Å². The molecular weight excluding hydrogens is 362 g/mol. The minimum absolute atomic E-state index is 0.121. The lowest BCUT2D eigenvalue weighted by Gasteiger charge is -2.46. The zero-order valence-electron chi connectivity index (χ0n) is 17.7. The third-order valence-corrected chi connectivity index (χ3v) is 5.17. The van der Waals surface area contributed by atoms with Gasteiger partial charge in [-0.3, -0.25) is 4.99 Å². The maximum atomic E-state index is 10.4. The van der Waals surface area contributed by atoms with Gasteiger partial charge in [0.05, 0.1) is 17.1 Å². The van der Waals surface area contributed by atoms with Crippen molar-refractivity contribution in [1.29, 1.82) is 0 Å². The average Bonchev–Trinajstić information content (AvgIpc) is 2.60. The van der Waals surface area contributed by atoms with E-state index in [0.717, 1.165) is 25.0 Å². The molecule has 0 radical (unpaired) electrons. The van der Waals surface area contributed by atoms with Crippen LogP contribution >= 0.6 is 0 Å². The Bertz CT molecular complexity index is 884. The fourth-order valence-electron chi connectivity index (χ4n) is 4.58. The number of hydrogen-bond acceptors (Lipinski definition) is 6. The predicted octanol–water partition coefficient (Wildman–Crippen LogP) is 4.12. The van der Waals surface area contributed by atoms with Crippen molar-refractivity contribution < 1.29 is 5.11 Å². The first-order chi connectivity index (χ1) is 13.7. The van der Waals surface area contributed by atoms with E-state index in [-0.39, 0.29) is 16.8 Å². The third-order valence-electron chi connectivity index (χ3n) is 5.17. The third kappa shape index (κ3) is 5.64. The first-order valence-corrected chi connectivity index (χ1v) is 10.0. The first-order valence-electron chi connectivity index (χ1n) is 10.0. The van der Waals surface area contributed by atoms with Crippen molar-refractivity contribution >= 4 is 11.9 Å². The SMILES string of the molecule is CC1(C)CC(Cc2ccc(-c3ccc(N=CC=CN)cc3O)nn2)CC(C)(C)N1. The summed E-state index contributed by atoms with van der Waals surface area (Å²) in [5.74, 6) is 0.690. The van der Waals surface area contributed by atoms with Gasteiger partial charge in [-0.1, -0.05) is 0 Å². The Hall–Kier alpha value is -2.73. The second kappa shape index (κ2) is 8.33. The number of hydrogen-bond donors (Lipinski definition) is 3. The van der Waals surface area contributed by atoms with E-state index in [0.29, 0.717) is 22.9 Å². The summed E-state index contributed by atoms with van der Waals surface area (Å²) >= 11 is 0. The van der Waals surface area contributed by atoms with Gasteiger partial charge < -0.3 is 16.2 Å². The molecule has 1 aromatic carbocycles. The molecule has 1 aliphatic heterocycles. The van der Waals surface area contributed by atoms with E-state index in [4.69, 9.17) is 5.73 Å². The van der Waals surface area contributed by atoms with Crippen LogP contribution in [0.4, 0.5) is 5.69 Å². The Labute approximate surface area is 173 Å². The van der Waals surface area contributed by atoms with Gasteiger partial charge in [0.25, 0.3) is 0 Å². The van der Waals surface area contributed by atoms with E-state index in [9.17, 15) is 5.11 Å². The second-order valence-electron chi connectivity index (χ2n) is 9.15. The minimum atomic E-state index is 0.121. The van der Waals surface area contributed by atoms with Gasteiger partial charge in [0.2, 0.25) is 0 Å². The summed E-state index contributed by atoms with van der Waals surface area (Å²) in [4.78, 5) is 4.20. The van der Waals surface area contributed by atoms with Crippen molar-refractivity contribution in [3.8, 4) is 17.0 Å². The highest BCUT2D eigenvalue weighted by molar-refractivity contribution is 5.76. The summed E-state index contributed by atoms with van der Waals surface area (Å²) < 4.78 is 0. The van der Waals surface area contributed by atoms with Crippen molar-refractivity contribution in [3.63, 3.8) is 0 Å². The standard InChI is InChI=1S/C23H31N5O/c1-22(2)14-16(15-23(3,4)28-22)12-18-7-9-20(27-26-18)19-8-6-17(13-21(19)29)25-11-5-10-24/h5-11,13,16,28-29H,12,14-15,24H2,1-4H3. The molecule has 29 heavy (non-hydrogen) atoms. The molecule has 3 rings (SSSR count). The molecule has 6 nitrogen and oxygen atoms in total. The highest BCUT2D eigenvalue weighted by atomic mass is 16.3. The lowest BCUT2D eigenvalue weighted by Crippen LogP contribution is -2.58. The largest absolute Gasteiger partial charge is 0.507 e. The molecule has 2 heterocycles. The van der Waals surface area contributed by atoms with Crippen molar-refractivity contribution in [1.82, 2.24) is 15.5 Å². The molecule has 6 heteroatoms. The van der Waals surface area contributed by atoms with Crippen molar-refractivity contribution in [2.24, 2.45) is 16.6 Å². The van der Waals surface area contributed by atoms with E-state index < -0.39 is 0 Å². The van der Waals surface area contributed by atoms with E-state index in [1.54, 1.807) is 24.4 Å². The first kappa shape index (κ1) is 21.0. The molecule has 2 aromatic rings. The minimum Gasteiger partial charge on any atom is -0.507 e. The molecule has 1 fully saturated rings. The number of nitrogens with two attached hydrogens (primary N) is 1. The molecule has 154 valence electrons. The Balaban J connectivity index is 1.72. The molecule has 4 N–H and O–H groups in total. The highest BCUT2D eigenvalue weighted by Crippen LogP contribution is 2.35. The second-order valence-corrected chi connectivity index (χ2v) is 9.15. The summed E-state index contributed by atoms with van der Waals surface area (Å²) in [6.45, 7) is 9.05. The van der Waals surface area contributed by atoms with Crippen LogP contribution in [0.1, 0.15) is 46.2 Å². The Morgan fingerprint density at radius 1 is 1.14 bits per heavy atom. The summed E-state index contributed by atoms with van der Waals surface area (Å²) in [6.07, 6.45) is 7.74. The summed E-state index contributed by atoms with van der Waals surface area (Å²) in [5.41, 5.74) is 8.44. The van der Waals surface area contributed by atoms with Gasteiger partial charge in [0.15, 0.2) is 0 Å². The van der Waals surface area contributed by atoms with Crippen molar-refractivity contribution in [2.75, 3.05) is 0 Å². The van der Waals surface area contributed by atoms with Crippen LogP contribution < -0.4 is 11.1 Å². The van der Waals surface area contributed by atoms with Crippen LogP contribution in [0.15, 0.2) is 47.6 Å². The molecule has 0 unspecified atom stereocenters. The molecule has 0 bridgehead atoms. The van der Waals surface area contributed by atoms with E-state index in [2.05, 4.69) is 48.2 Å². The summed E-state index contributed by atoms with van der Waals surface area (Å²) in [7, 11) is 0. The molecule has 1 aliphatic rings. The summed E-state index contributed by atoms with van der Waals surface area (Å²) in [5, 5.41) is 22.9. The molecule has 0 spiro atoms. The lowest BCUT2D eigenvalue weighted by molar-refractivity contribution is 0.128. The highest BCUT2D eigenvalue weighted by Gasteiger charge is 2.37. The number of piperidine rings is 1. The number of phenols is 1. The molecule has 0 saturated carbocycles. The molecular formula is C23H31N5O. The molecule has 0 atom stereocenters. The van der Waals surface area contributed by atoms with Crippen LogP contribution in [0.5, 0.6) is 5.75 Å². The topological polar surface area (TPSA) is 96.4 Å². The fourth-order valence-corrected chi connectivity index (χ4v) is 4.58. The number of aromatic hydroxyl groups is 1. The number of nitrogens with zero attached hydrogens (tertiary/aromatic N) is 3.